The molecule has 1 heterocycles. The number of rotatable bonds is 7. The van der Waals surface area contributed by atoms with E-state index in [1.165, 1.54) is 11.4 Å². The predicted molar refractivity (Wildman–Crippen MR) is 90.9 cm³/mol. The van der Waals surface area contributed by atoms with Crippen molar-refractivity contribution in [2.75, 3.05) is 6.61 Å². The number of nitrogens with zero attached hydrogens (tertiary/aromatic N) is 1. The van der Waals surface area contributed by atoms with Crippen LogP contribution >= 0.6 is 0 Å². The van der Waals surface area contributed by atoms with Gasteiger partial charge in [-0.25, -0.2) is 0 Å². The van der Waals surface area contributed by atoms with E-state index < -0.39 is 0 Å². The summed E-state index contributed by atoms with van der Waals surface area (Å²) in [4.78, 5) is 23.6. The molecule has 0 radical (unpaired) electrons. The first-order chi connectivity index (χ1) is 10.8. The van der Waals surface area contributed by atoms with Gasteiger partial charge in [-0.1, -0.05) is 20.3 Å². The Balaban J connectivity index is 2.07. The molecular formula is C19H29NO3. The zero-order valence-electron chi connectivity index (χ0n) is 14.9. The van der Waals surface area contributed by atoms with E-state index in [4.69, 9.17) is 5.11 Å². The quantitative estimate of drug-likeness (QED) is 0.784. The topological polar surface area (TPSA) is 59.3 Å². The van der Waals surface area contributed by atoms with Gasteiger partial charge >= 0.3 is 0 Å². The Bertz CT molecular complexity index is 611. The van der Waals surface area contributed by atoms with E-state index in [0.717, 1.165) is 43.4 Å². The largest absolute Gasteiger partial charge is 0.389 e. The second-order valence-corrected chi connectivity index (χ2v) is 7.63. The van der Waals surface area contributed by atoms with Crippen molar-refractivity contribution in [3.8, 4) is 0 Å². The first kappa shape index (κ1) is 17.9. The predicted octanol–water partition coefficient (Wildman–Crippen LogP) is 3.38. The molecule has 1 N–H and O–H groups in total. The zero-order valence-corrected chi connectivity index (χ0v) is 14.9. The number of hydrogen-bond acceptors (Lipinski definition) is 3. The van der Waals surface area contributed by atoms with E-state index >= 15 is 0 Å². The fraction of sp³-hybridized carbons (Fsp3) is 0.684. The van der Waals surface area contributed by atoms with E-state index in [1.54, 1.807) is 0 Å². The van der Waals surface area contributed by atoms with Gasteiger partial charge in [0.1, 0.15) is 6.61 Å². The normalized spacial score (nSPS) is 16.5. The van der Waals surface area contributed by atoms with Crippen LogP contribution in [0.1, 0.15) is 73.3 Å². The van der Waals surface area contributed by atoms with Crippen LogP contribution in [0.3, 0.4) is 0 Å². The molecule has 0 amide bonds. The number of aliphatic hydroxyl groups excluding tert-OH is 1. The highest BCUT2D eigenvalue weighted by atomic mass is 16.3. The maximum atomic E-state index is 12.5. The van der Waals surface area contributed by atoms with Crippen molar-refractivity contribution in [2.24, 2.45) is 5.41 Å². The maximum Gasteiger partial charge on any atom is 0.165 e. The summed E-state index contributed by atoms with van der Waals surface area (Å²) in [5.41, 5.74) is 4.53. The molecule has 1 aromatic heterocycles. The lowest BCUT2D eigenvalue weighted by molar-refractivity contribution is -0.121. The number of carbonyl (C=O) groups is 2. The lowest BCUT2D eigenvalue weighted by atomic mass is 9.75. The fourth-order valence-corrected chi connectivity index (χ4v) is 3.68. The molecule has 0 saturated carbocycles. The molecule has 1 aromatic rings. The minimum Gasteiger partial charge on any atom is -0.389 e. The van der Waals surface area contributed by atoms with Crippen LogP contribution in [0.4, 0.5) is 0 Å². The molecule has 4 nitrogen and oxygen atoms in total. The lowest BCUT2D eigenvalue weighted by Crippen LogP contribution is -2.28. The van der Waals surface area contributed by atoms with Crippen molar-refractivity contribution in [2.45, 2.75) is 72.8 Å². The smallest absolute Gasteiger partial charge is 0.165 e. The fourth-order valence-electron chi connectivity index (χ4n) is 3.68. The Morgan fingerprint density at radius 3 is 2.52 bits per heavy atom. The molecular weight excluding hydrogens is 290 g/mol. The van der Waals surface area contributed by atoms with Crippen molar-refractivity contribution in [1.82, 2.24) is 4.57 Å². The third-order valence-electron chi connectivity index (χ3n) is 5.01. The lowest BCUT2D eigenvalue weighted by Gasteiger charge is -2.30. The van der Waals surface area contributed by atoms with Gasteiger partial charge in [0.2, 0.25) is 0 Å². The standard InChI is InChI=1S/C19H29NO3/c1-13-14(2)20(9-7-5-6-8-15(22)12-21)16-10-19(3,4)11-17(23)18(13)16/h21H,5-12H2,1-4H3. The molecule has 0 unspecified atom stereocenters. The van der Waals surface area contributed by atoms with Crippen molar-refractivity contribution < 1.29 is 14.7 Å². The second kappa shape index (κ2) is 7.00. The van der Waals surface area contributed by atoms with Crippen LogP contribution in [-0.2, 0) is 17.8 Å². The Kier molecular flexibility index (Phi) is 5.45. The number of fused-ring (bicyclic) bond motifs is 1. The molecule has 0 aliphatic heterocycles. The molecule has 23 heavy (non-hydrogen) atoms. The van der Waals surface area contributed by atoms with Crippen LogP contribution in [0.2, 0.25) is 0 Å². The number of carbonyl (C=O) groups excluding carboxylic acids is 2. The van der Waals surface area contributed by atoms with E-state index in [0.29, 0.717) is 12.8 Å². The molecule has 1 aliphatic carbocycles. The average Bonchev–Trinajstić information content (AvgIpc) is 2.69. The Labute approximate surface area is 138 Å². The maximum absolute atomic E-state index is 12.5. The summed E-state index contributed by atoms with van der Waals surface area (Å²) in [6.07, 6.45) is 4.83. The number of Topliss-reactive ketones (excluding diaryl/α,β-unsaturated/α-hetero) is 2. The number of aliphatic hydroxyl groups is 1. The Morgan fingerprint density at radius 2 is 1.87 bits per heavy atom. The zero-order chi connectivity index (χ0) is 17.2. The van der Waals surface area contributed by atoms with Crippen LogP contribution < -0.4 is 0 Å². The van der Waals surface area contributed by atoms with Crippen molar-refractivity contribution in [3.63, 3.8) is 0 Å². The van der Waals surface area contributed by atoms with Crippen LogP contribution in [0, 0.1) is 19.3 Å². The molecule has 128 valence electrons. The third-order valence-corrected chi connectivity index (χ3v) is 5.01. The van der Waals surface area contributed by atoms with Gasteiger partial charge in [0.25, 0.3) is 0 Å². The van der Waals surface area contributed by atoms with Crippen LogP contribution in [0.5, 0.6) is 0 Å². The molecule has 0 bridgehead atoms. The van der Waals surface area contributed by atoms with Gasteiger partial charge in [0, 0.05) is 36.3 Å². The summed E-state index contributed by atoms with van der Waals surface area (Å²) in [6, 6.07) is 0. The van der Waals surface area contributed by atoms with Crippen LogP contribution in [0.15, 0.2) is 0 Å². The van der Waals surface area contributed by atoms with E-state index in [2.05, 4.69) is 32.3 Å². The summed E-state index contributed by atoms with van der Waals surface area (Å²) >= 11 is 0. The average molecular weight is 319 g/mol. The van der Waals surface area contributed by atoms with Crippen molar-refractivity contribution >= 4 is 11.6 Å². The SMILES string of the molecule is Cc1c2c(n(CCCCCC(=O)CO)c1C)CC(C)(C)CC2=O. The molecule has 4 heteroatoms. The van der Waals surface area contributed by atoms with Crippen molar-refractivity contribution in [3.05, 3.63) is 22.5 Å². The molecule has 0 aromatic carbocycles. The van der Waals surface area contributed by atoms with E-state index in [1.807, 2.05) is 0 Å². The van der Waals surface area contributed by atoms with Gasteiger partial charge in [-0.2, -0.15) is 0 Å². The highest BCUT2D eigenvalue weighted by Gasteiger charge is 2.35. The molecule has 0 fully saturated rings. The summed E-state index contributed by atoms with van der Waals surface area (Å²) in [5.74, 6) is 0.201. The van der Waals surface area contributed by atoms with Gasteiger partial charge in [-0.15, -0.1) is 0 Å². The van der Waals surface area contributed by atoms with E-state index in [-0.39, 0.29) is 23.6 Å². The van der Waals surface area contributed by atoms with E-state index in [9.17, 15) is 9.59 Å². The highest BCUT2D eigenvalue weighted by molar-refractivity contribution is 6.00. The van der Waals surface area contributed by atoms with Crippen molar-refractivity contribution in [1.29, 1.82) is 0 Å². The third kappa shape index (κ3) is 3.92. The molecule has 1 aliphatic rings. The van der Waals surface area contributed by atoms with Crippen LogP contribution in [-0.4, -0.2) is 27.8 Å². The highest BCUT2D eigenvalue weighted by Crippen LogP contribution is 2.38. The van der Waals surface area contributed by atoms with Gasteiger partial charge in [-0.05, 0) is 44.1 Å². The first-order valence-electron chi connectivity index (χ1n) is 8.61. The monoisotopic (exact) mass is 319 g/mol. The number of unbranched alkanes of at least 4 members (excludes halogenated alkanes) is 2. The minimum absolute atomic E-state index is 0.0343. The summed E-state index contributed by atoms with van der Waals surface area (Å²) in [6.45, 7) is 9.04. The Hall–Kier alpha value is -1.42. The molecule has 0 atom stereocenters. The van der Waals surface area contributed by atoms with Crippen LogP contribution in [0.25, 0.3) is 0 Å². The minimum atomic E-state index is -0.347. The Morgan fingerprint density at radius 1 is 1.17 bits per heavy atom. The molecule has 2 rings (SSSR count). The van der Waals surface area contributed by atoms with Gasteiger partial charge in [-0.3, -0.25) is 9.59 Å². The first-order valence-corrected chi connectivity index (χ1v) is 8.61. The summed E-state index contributed by atoms with van der Waals surface area (Å²) < 4.78 is 2.32. The molecule has 0 spiro atoms. The number of aromatic nitrogens is 1. The summed E-state index contributed by atoms with van der Waals surface area (Å²) in [7, 11) is 0. The molecule has 0 saturated heterocycles. The second-order valence-electron chi connectivity index (χ2n) is 7.63. The van der Waals surface area contributed by atoms with Gasteiger partial charge in [0.15, 0.2) is 11.6 Å². The van der Waals surface area contributed by atoms with Gasteiger partial charge in [0.05, 0.1) is 0 Å². The number of ketones is 2. The summed E-state index contributed by atoms with van der Waals surface area (Å²) in [5, 5.41) is 8.73. The number of hydrogen-bond donors (Lipinski definition) is 1. The van der Waals surface area contributed by atoms with Gasteiger partial charge < -0.3 is 9.67 Å².